The molecule has 2 aromatic rings. The van der Waals surface area contributed by atoms with E-state index >= 15 is 0 Å². The van der Waals surface area contributed by atoms with Gasteiger partial charge in [0.1, 0.15) is 0 Å². The zero-order valence-corrected chi connectivity index (χ0v) is 12.2. The zero-order chi connectivity index (χ0) is 14.4. The summed E-state index contributed by atoms with van der Waals surface area (Å²) in [5.41, 5.74) is 0.909. The molecule has 1 unspecified atom stereocenters. The molecule has 2 N–H and O–H groups in total. The normalized spacial score (nSPS) is 11.9. The molecular formula is C13H17ClN6. The van der Waals surface area contributed by atoms with Gasteiger partial charge >= 0.3 is 0 Å². The van der Waals surface area contributed by atoms with E-state index < -0.39 is 0 Å². The number of halogens is 1. The van der Waals surface area contributed by atoms with Gasteiger partial charge in [-0.2, -0.15) is 15.0 Å². The molecule has 0 saturated heterocycles. The summed E-state index contributed by atoms with van der Waals surface area (Å²) in [5, 5.41) is 6.41. The molecule has 0 saturated carbocycles. The second-order valence-electron chi connectivity index (χ2n) is 4.30. The summed E-state index contributed by atoms with van der Waals surface area (Å²) in [6, 6.07) is 5.74. The van der Waals surface area contributed by atoms with Crippen molar-refractivity contribution in [1.29, 1.82) is 0 Å². The Morgan fingerprint density at radius 2 is 2.00 bits per heavy atom. The molecule has 2 aromatic heterocycles. The number of rotatable bonds is 6. The Morgan fingerprint density at radius 1 is 1.20 bits per heavy atom. The van der Waals surface area contributed by atoms with Gasteiger partial charge in [-0.25, -0.2) is 0 Å². The molecule has 106 valence electrons. The second kappa shape index (κ2) is 7.00. The first-order chi connectivity index (χ1) is 9.69. The van der Waals surface area contributed by atoms with Crippen molar-refractivity contribution in [2.45, 2.75) is 26.3 Å². The average Bonchev–Trinajstić information content (AvgIpc) is 2.45. The third-order valence-electron chi connectivity index (χ3n) is 2.62. The fourth-order valence-electron chi connectivity index (χ4n) is 1.63. The first-order valence-electron chi connectivity index (χ1n) is 6.52. The fraction of sp³-hybridized carbons (Fsp3) is 0.385. The van der Waals surface area contributed by atoms with Crippen molar-refractivity contribution in [2.24, 2.45) is 0 Å². The molecule has 0 bridgehead atoms. The molecule has 0 aliphatic rings. The van der Waals surface area contributed by atoms with Crippen molar-refractivity contribution in [3.63, 3.8) is 0 Å². The van der Waals surface area contributed by atoms with E-state index in [9.17, 15) is 0 Å². The number of pyridine rings is 1. The van der Waals surface area contributed by atoms with Crippen LogP contribution >= 0.6 is 11.6 Å². The maximum absolute atomic E-state index is 5.90. The molecule has 2 heterocycles. The largest absolute Gasteiger partial charge is 0.354 e. The molecule has 20 heavy (non-hydrogen) atoms. The number of hydrogen-bond donors (Lipinski definition) is 2. The zero-order valence-electron chi connectivity index (χ0n) is 11.5. The van der Waals surface area contributed by atoms with Crippen LogP contribution in [-0.4, -0.2) is 26.5 Å². The maximum Gasteiger partial charge on any atom is 0.229 e. The van der Waals surface area contributed by atoms with Crippen LogP contribution < -0.4 is 10.6 Å². The highest BCUT2D eigenvalue weighted by Crippen LogP contribution is 2.16. The summed E-state index contributed by atoms with van der Waals surface area (Å²) >= 11 is 5.90. The molecule has 0 amide bonds. The van der Waals surface area contributed by atoms with Gasteiger partial charge in [-0.05, 0) is 37.1 Å². The first-order valence-corrected chi connectivity index (χ1v) is 6.89. The summed E-state index contributed by atoms with van der Waals surface area (Å²) in [6.07, 6.45) is 2.73. The third kappa shape index (κ3) is 4.03. The number of anilines is 2. The Hall–Kier alpha value is -1.95. The van der Waals surface area contributed by atoms with E-state index in [1.165, 1.54) is 0 Å². The smallest absolute Gasteiger partial charge is 0.229 e. The summed E-state index contributed by atoms with van der Waals surface area (Å²) < 4.78 is 0. The molecule has 0 spiro atoms. The lowest BCUT2D eigenvalue weighted by Gasteiger charge is -2.13. The van der Waals surface area contributed by atoms with Gasteiger partial charge in [-0.3, -0.25) is 4.98 Å². The van der Waals surface area contributed by atoms with E-state index in [2.05, 4.69) is 37.5 Å². The lowest BCUT2D eigenvalue weighted by atomic mass is 10.2. The lowest BCUT2D eigenvalue weighted by molar-refractivity contribution is 0.816. The van der Waals surface area contributed by atoms with Crippen molar-refractivity contribution < 1.29 is 0 Å². The lowest BCUT2D eigenvalue weighted by Crippen LogP contribution is -2.13. The van der Waals surface area contributed by atoms with E-state index in [4.69, 9.17) is 11.6 Å². The molecule has 0 radical (unpaired) electrons. The second-order valence-corrected chi connectivity index (χ2v) is 4.64. The number of nitrogens with zero attached hydrogens (tertiary/aromatic N) is 4. The van der Waals surface area contributed by atoms with E-state index in [0.717, 1.165) is 18.7 Å². The number of hydrogen-bond acceptors (Lipinski definition) is 6. The first kappa shape index (κ1) is 14.5. The Labute approximate surface area is 123 Å². The van der Waals surface area contributed by atoms with Gasteiger partial charge in [-0.15, -0.1) is 0 Å². The van der Waals surface area contributed by atoms with Crippen molar-refractivity contribution in [3.05, 3.63) is 35.4 Å². The van der Waals surface area contributed by atoms with Crippen molar-refractivity contribution in [3.8, 4) is 0 Å². The summed E-state index contributed by atoms with van der Waals surface area (Å²) in [5.74, 6) is 0.907. The minimum atomic E-state index is -0.0197. The van der Waals surface area contributed by atoms with Crippen LogP contribution in [0.4, 0.5) is 11.9 Å². The van der Waals surface area contributed by atoms with Crippen LogP contribution in [0.15, 0.2) is 24.4 Å². The highest BCUT2D eigenvalue weighted by Gasteiger charge is 2.10. The molecule has 6 nitrogen and oxygen atoms in total. The van der Waals surface area contributed by atoms with Gasteiger partial charge in [0, 0.05) is 12.7 Å². The van der Waals surface area contributed by atoms with Crippen molar-refractivity contribution >= 4 is 23.5 Å². The number of nitrogens with one attached hydrogen (secondary N) is 2. The van der Waals surface area contributed by atoms with Crippen molar-refractivity contribution in [1.82, 2.24) is 19.9 Å². The predicted octanol–water partition coefficient (Wildman–Crippen LogP) is 2.92. The van der Waals surface area contributed by atoms with Gasteiger partial charge in [0.25, 0.3) is 0 Å². The van der Waals surface area contributed by atoms with Crippen LogP contribution in [-0.2, 0) is 0 Å². The topological polar surface area (TPSA) is 75.6 Å². The van der Waals surface area contributed by atoms with Crippen LogP contribution in [0.25, 0.3) is 0 Å². The SMILES string of the molecule is CCCNc1nc(Cl)nc(NC(C)c2ccccn2)n1. The Balaban J connectivity index is 2.10. The van der Waals surface area contributed by atoms with Crippen LogP contribution in [0.2, 0.25) is 5.28 Å². The third-order valence-corrected chi connectivity index (χ3v) is 2.79. The van der Waals surface area contributed by atoms with Crippen molar-refractivity contribution in [2.75, 3.05) is 17.2 Å². The van der Waals surface area contributed by atoms with Crippen LogP contribution in [0, 0.1) is 0 Å². The maximum atomic E-state index is 5.90. The van der Waals surface area contributed by atoms with E-state index in [-0.39, 0.29) is 11.3 Å². The van der Waals surface area contributed by atoms with Gasteiger partial charge in [0.2, 0.25) is 17.2 Å². The minimum Gasteiger partial charge on any atom is -0.354 e. The van der Waals surface area contributed by atoms with Gasteiger partial charge in [0.05, 0.1) is 11.7 Å². The summed E-state index contributed by atoms with van der Waals surface area (Å²) in [4.78, 5) is 16.7. The molecule has 0 aliphatic carbocycles. The highest BCUT2D eigenvalue weighted by molar-refractivity contribution is 6.28. The van der Waals surface area contributed by atoms with Crippen LogP contribution in [0.5, 0.6) is 0 Å². The number of aromatic nitrogens is 4. The molecule has 0 aliphatic heterocycles. The molecule has 0 aromatic carbocycles. The molecule has 2 rings (SSSR count). The predicted molar refractivity (Wildman–Crippen MR) is 79.9 cm³/mol. The standard InChI is InChI=1S/C13H17ClN6/c1-3-7-16-12-18-11(14)19-13(20-12)17-9(2)10-6-4-5-8-15-10/h4-6,8-9H,3,7H2,1-2H3,(H2,16,17,18,19,20). The van der Waals surface area contributed by atoms with E-state index in [1.807, 2.05) is 25.1 Å². The summed E-state index contributed by atoms with van der Waals surface area (Å²) in [6.45, 7) is 4.84. The molecule has 7 heteroatoms. The van der Waals surface area contributed by atoms with Gasteiger partial charge in [-0.1, -0.05) is 13.0 Å². The minimum absolute atomic E-state index is 0.0197. The van der Waals surface area contributed by atoms with Gasteiger partial charge < -0.3 is 10.6 Å². The van der Waals surface area contributed by atoms with Crippen LogP contribution in [0.1, 0.15) is 32.0 Å². The molecular weight excluding hydrogens is 276 g/mol. The Bertz CT molecular complexity index is 548. The molecule has 0 fully saturated rings. The molecule has 1 atom stereocenters. The van der Waals surface area contributed by atoms with E-state index in [0.29, 0.717) is 11.9 Å². The monoisotopic (exact) mass is 292 g/mol. The average molecular weight is 293 g/mol. The van der Waals surface area contributed by atoms with Crippen LogP contribution in [0.3, 0.4) is 0 Å². The quantitative estimate of drug-likeness (QED) is 0.852. The van der Waals surface area contributed by atoms with Gasteiger partial charge in [0.15, 0.2) is 0 Å². The Kier molecular flexibility index (Phi) is 5.06. The van der Waals surface area contributed by atoms with E-state index in [1.54, 1.807) is 6.20 Å². The summed E-state index contributed by atoms with van der Waals surface area (Å²) in [7, 11) is 0. The fourth-order valence-corrected chi connectivity index (χ4v) is 1.79. The Morgan fingerprint density at radius 3 is 2.70 bits per heavy atom. The highest BCUT2D eigenvalue weighted by atomic mass is 35.5.